The Morgan fingerprint density at radius 2 is 1.72 bits per heavy atom. The highest BCUT2D eigenvalue weighted by Crippen LogP contribution is 2.23. The molecule has 194 valence electrons. The number of amides is 2. The van der Waals surface area contributed by atoms with Gasteiger partial charge >= 0.3 is 5.97 Å². The average Bonchev–Trinajstić information content (AvgIpc) is 2.82. The number of carbonyl (C=O) groups is 4. The zero-order chi connectivity index (χ0) is 26.7. The van der Waals surface area contributed by atoms with Gasteiger partial charge in [-0.25, -0.2) is 0 Å². The van der Waals surface area contributed by atoms with E-state index in [9.17, 15) is 29.4 Å². The van der Waals surface area contributed by atoms with E-state index in [0.717, 1.165) is 5.56 Å². The first-order valence-electron chi connectivity index (χ1n) is 11.4. The number of hydrogen-bond donors (Lipinski definition) is 4. The van der Waals surface area contributed by atoms with Gasteiger partial charge in [0.05, 0.1) is 31.7 Å². The van der Waals surface area contributed by atoms with Gasteiger partial charge in [0.1, 0.15) is 17.5 Å². The fraction of sp³-hybridized carbons (Fsp3) is 0.385. The van der Waals surface area contributed by atoms with E-state index in [1.807, 2.05) is 30.3 Å². The second kappa shape index (κ2) is 14.1. The van der Waals surface area contributed by atoms with Crippen LogP contribution < -0.4 is 15.4 Å². The standard InChI is InChI=1S/C26H32N2O7S/c1-16(2)25(28-23(31)12-18-11-19(29)9-10-22(18)35-3)26(34)27-20(13-24(32)33)21(30)15-36-14-17-7-5-4-6-8-17/h4-11,16,20,25,29H,12-15H2,1-3H3,(H,27,34)(H,28,31)(H,32,33). The molecule has 0 fully saturated rings. The lowest BCUT2D eigenvalue weighted by atomic mass is 10.0. The first kappa shape index (κ1) is 28.7. The second-order valence-corrected chi connectivity index (χ2v) is 9.55. The number of rotatable bonds is 14. The van der Waals surface area contributed by atoms with Crippen molar-refractivity contribution < 1.29 is 34.1 Å². The van der Waals surface area contributed by atoms with Crippen LogP contribution in [0.1, 0.15) is 31.4 Å². The molecule has 10 heteroatoms. The van der Waals surface area contributed by atoms with Crippen LogP contribution in [0.3, 0.4) is 0 Å². The van der Waals surface area contributed by atoms with Crippen molar-refractivity contribution in [2.45, 2.75) is 44.5 Å². The van der Waals surface area contributed by atoms with Gasteiger partial charge in [0, 0.05) is 11.3 Å². The highest BCUT2D eigenvalue weighted by Gasteiger charge is 2.30. The van der Waals surface area contributed by atoms with Crippen molar-refractivity contribution in [3.8, 4) is 11.5 Å². The lowest BCUT2D eigenvalue weighted by Crippen LogP contribution is -2.54. The summed E-state index contributed by atoms with van der Waals surface area (Å²) in [4.78, 5) is 49.8. The Balaban J connectivity index is 2.03. The Bertz CT molecular complexity index is 1060. The normalized spacial score (nSPS) is 12.4. The van der Waals surface area contributed by atoms with E-state index in [4.69, 9.17) is 4.74 Å². The molecular weight excluding hydrogens is 484 g/mol. The van der Waals surface area contributed by atoms with Crippen molar-refractivity contribution in [1.82, 2.24) is 10.6 Å². The van der Waals surface area contributed by atoms with Gasteiger partial charge < -0.3 is 25.6 Å². The third-order valence-electron chi connectivity index (χ3n) is 5.32. The summed E-state index contributed by atoms with van der Waals surface area (Å²) in [6.45, 7) is 3.45. The van der Waals surface area contributed by atoms with E-state index < -0.39 is 42.1 Å². The molecule has 36 heavy (non-hydrogen) atoms. The van der Waals surface area contributed by atoms with Crippen LogP contribution in [0, 0.1) is 5.92 Å². The summed E-state index contributed by atoms with van der Waals surface area (Å²) in [5, 5.41) is 24.1. The molecule has 0 aliphatic heterocycles. The molecule has 2 atom stereocenters. The molecule has 0 saturated heterocycles. The van der Waals surface area contributed by atoms with E-state index in [2.05, 4.69) is 10.6 Å². The summed E-state index contributed by atoms with van der Waals surface area (Å²) in [6, 6.07) is 11.7. The number of aliphatic carboxylic acids is 1. The zero-order valence-electron chi connectivity index (χ0n) is 20.5. The number of carbonyl (C=O) groups excluding carboxylic acids is 3. The Hall–Kier alpha value is -3.53. The lowest BCUT2D eigenvalue weighted by Gasteiger charge is -2.24. The van der Waals surface area contributed by atoms with Crippen molar-refractivity contribution in [3.63, 3.8) is 0 Å². The van der Waals surface area contributed by atoms with Gasteiger partial charge in [-0.1, -0.05) is 44.2 Å². The predicted molar refractivity (Wildman–Crippen MR) is 137 cm³/mol. The number of methoxy groups -OCH3 is 1. The fourth-order valence-electron chi connectivity index (χ4n) is 3.46. The maximum atomic E-state index is 13.0. The third-order valence-corrected chi connectivity index (χ3v) is 6.35. The molecule has 2 amide bonds. The van der Waals surface area contributed by atoms with Crippen molar-refractivity contribution in [2.75, 3.05) is 12.9 Å². The predicted octanol–water partition coefficient (Wildman–Crippen LogP) is 2.55. The van der Waals surface area contributed by atoms with Gasteiger partial charge in [-0.05, 0) is 29.7 Å². The molecular formula is C26H32N2O7S. The first-order valence-corrected chi connectivity index (χ1v) is 12.6. The van der Waals surface area contributed by atoms with E-state index in [0.29, 0.717) is 17.1 Å². The summed E-state index contributed by atoms with van der Waals surface area (Å²) >= 11 is 1.33. The van der Waals surface area contributed by atoms with Gasteiger partial charge in [0.25, 0.3) is 0 Å². The van der Waals surface area contributed by atoms with E-state index in [-0.39, 0.29) is 23.8 Å². The molecule has 0 saturated carbocycles. The Morgan fingerprint density at radius 3 is 2.33 bits per heavy atom. The minimum absolute atomic E-state index is 0.0306. The molecule has 0 aliphatic carbocycles. The molecule has 2 aromatic carbocycles. The monoisotopic (exact) mass is 516 g/mol. The van der Waals surface area contributed by atoms with Crippen molar-refractivity contribution >= 4 is 35.3 Å². The fourth-order valence-corrected chi connectivity index (χ4v) is 4.39. The molecule has 2 rings (SSSR count). The average molecular weight is 517 g/mol. The molecule has 2 aromatic rings. The number of nitrogens with one attached hydrogen (secondary N) is 2. The van der Waals surface area contributed by atoms with Crippen LogP contribution in [-0.4, -0.2) is 58.7 Å². The summed E-state index contributed by atoms with van der Waals surface area (Å²) in [5.41, 5.74) is 1.47. The van der Waals surface area contributed by atoms with Gasteiger partial charge in [-0.15, -0.1) is 11.8 Å². The van der Waals surface area contributed by atoms with Crippen LogP contribution in [0.4, 0.5) is 0 Å². The van der Waals surface area contributed by atoms with Crippen LogP contribution in [0.5, 0.6) is 11.5 Å². The smallest absolute Gasteiger partial charge is 0.305 e. The maximum absolute atomic E-state index is 13.0. The summed E-state index contributed by atoms with van der Waals surface area (Å²) in [7, 11) is 1.44. The number of phenols is 1. The Morgan fingerprint density at radius 1 is 1.03 bits per heavy atom. The number of Topliss-reactive ketones (excluding diaryl/α,β-unsaturated/α-hetero) is 1. The number of thioether (sulfide) groups is 1. The number of ketones is 1. The van der Waals surface area contributed by atoms with E-state index >= 15 is 0 Å². The van der Waals surface area contributed by atoms with Gasteiger partial charge in [-0.2, -0.15) is 0 Å². The number of phenolic OH excluding ortho intramolecular Hbond substituents is 1. The van der Waals surface area contributed by atoms with Gasteiger partial charge in [0.15, 0.2) is 5.78 Å². The summed E-state index contributed by atoms with van der Waals surface area (Å²) in [6.07, 6.45) is -0.711. The van der Waals surface area contributed by atoms with E-state index in [1.165, 1.54) is 37.1 Å². The quantitative estimate of drug-likeness (QED) is 0.300. The lowest BCUT2D eigenvalue weighted by molar-refractivity contribution is -0.140. The number of ether oxygens (including phenoxy) is 1. The zero-order valence-corrected chi connectivity index (χ0v) is 21.3. The minimum Gasteiger partial charge on any atom is -0.508 e. The molecule has 2 unspecified atom stereocenters. The second-order valence-electron chi connectivity index (χ2n) is 8.57. The molecule has 0 radical (unpaired) electrons. The van der Waals surface area contributed by atoms with Crippen LogP contribution in [0.2, 0.25) is 0 Å². The molecule has 0 heterocycles. The maximum Gasteiger partial charge on any atom is 0.305 e. The molecule has 0 bridgehead atoms. The van der Waals surface area contributed by atoms with Crippen LogP contribution >= 0.6 is 11.8 Å². The first-order chi connectivity index (χ1) is 17.1. The van der Waals surface area contributed by atoms with Crippen molar-refractivity contribution in [2.24, 2.45) is 5.92 Å². The number of carboxylic acids is 1. The highest BCUT2D eigenvalue weighted by molar-refractivity contribution is 7.99. The minimum atomic E-state index is -1.22. The topological polar surface area (TPSA) is 142 Å². The molecule has 0 aromatic heterocycles. The largest absolute Gasteiger partial charge is 0.508 e. The Labute approximate surface area is 214 Å². The summed E-state index contributed by atoms with van der Waals surface area (Å²) < 4.78 is 5.21. The highest BCUT2D eigenvalue weighted by atomic mass is 32.2. The van der Waals surface area contributed by atoms with Crippen molar-refractivity contribution in [3.05, 3.63) is 59.7 Å². The number of carboxylic acid groups (broad SMARTS) is 1. The molecule has 0 aliphatic rings. The van der Waals surface area contributed by atoms with Crippen LogP contribution in [-0.2, 0) is 31.4 Å². The van der Waals surface area contributed by atoms with Crippen molar-refractivity contribution in [1.29, 1.82) is 0 Å². The SMILES string of the molecule is COc1ccc(O)cc1CC(=O)NC(C(=O)NC(CC(=O)O)C(=O)CSCc1ccccc1)C(C)C. The van der Waals surface area contributed by atoms with Gasteiger partial charge in [-0.3, -0.25) is 19.2 Å². The number of hydrogen-bond acceptors (Lipinski definition) is 7. The van der Waals surface area contributed by atoms with Gasteiger partial charge in [0.2, 0.25) is 11.8 Å². The summed E-state index contributed by atoms with van der Waals surface area (Å²) in [5.74, 6) is -2.13. The Kier molecular flexibility index (Phi) is 11.3. The van der Waals surface area contributed by atoms with E-state index in [1.54, 1.807) is 13.8 Å². The number of aromatic hydroxyl groups is 1. The number of benzene rings is 2. The molecule has 4 N–H and O–H groups in total. The third kappa shape index (κ3) is 9.26. The van der Waals surface area contributed by atoms with Crippen LogP contribution in [0.25, 0.3) is 0 Å². The molecule has 0 spiro atoms. The molecule has 9 nitrogen and oxygen atoms in total. The van der Waals surface area contributed by atoms with Crippen LogP contribution in [0.15, 0.2) is 48.5 Å².